The molecule has 2 aromatic rings. The Morgan fingerprint density at radius 3 is 1.71 bits per heavy atom. The fraction of sp³-hybridized carbons (Fsp3) is 0.600. The molecule has 0 amide bonds. The summed E-state index contributed by atoms with van der Waals surface area (Å²) in [5.41, 5.74) is 0.528. The number of hydrogen-bond acceptors (Lipinski definition) is 21. The Morgan fingerprint density at radius 1 is 0.629 bits per heavy atom. The van der Waals surface area contributed by atoms with Crippen LogP contribution in [-0.2, 0) is 85.7 Å². The first-order valence-electron chi connectivity index (χ1n) is 19.5. The van der Waals surface area contributed by atoms with Gasteiger partial charge in [0.05, 0.1) is 32.4 Å². The van der Waals surface area contributed by atoms with Crippen LogP contribution in [0.1, 0.15) is 78.7 Å². The average molecular weight is 882 g/mol. The van der Waals surface area contributed by atoms with E-state index in [1.807, 2.05) is 6.92 Å². The summed E-state index contributed by atoms with van der Waals surface area (Å²) in [6.45, 7) is 9.46. The molecule has 10 atom stereocenters. The zero-order valence-electron chi connectivity index (χ0n) is 35.6. The Labute approximate surface area is 355 Å². The molecule has 2 saturated heterocycles. The van der Waals surface area contributed by atoms with Crippen molar-refractivity contribution >= 4 is 58.7 Å². The van der Waals surface area contributed by atoms with E-state index in [0.29, 0.717) is 17.3 Å². The van der Waals surface area contributed by atoms with Gasteiger partial charge in [-0.25, -0.2) is 9.59 Å². The molecule has 1 aromatic carbocycles. The number of carbonyl (C=O) groups excluding carboxylic acids is 8. The lowest BCUT2D eigenvalue weighted by Crippen LogP contribution is -2.65. The topological polar surface area (TPSA) is 272 Å². The van der Waals surface area contributed by atoms with Gasteiger partial charge < -0.3 is 66.6 Å². The Kier molecular flexibility index (Phi) is 17.4. The van der Waals surface area contributed by atoms with Gasteiger partial charge >= 0.3 is 47.8 Å². The molecule has 0 aliphatic carbocycles. The molecule has 62 heavy (non-hydrogen) atoms. The number of esters is 8. The smallest absolute Gasteiger partial charge is 0.354 e. The zero-order chi connectivity index (χ0) is 45.8. The van der Waals surface area contributed by atoms with E-state index in [4.69, 9.17) is 61.6 Å². The van der Waals surface area contributed by atoms with Crippen molar-refractivity contribution in [1.82, 2.24) is 4.98 Å². The number of H-pyrrole nitrogens is 1. The maximum atomic E-state index is 13.0. The number of aromatic nitrogens is 1. The lowest BCUT2D eigenvalue weighted by atomic mass is 9.97. The summed E-state index contributed by atoms with van der Waals surface area (Å²) in [4.78, 5) is 103. The van der Waals surface area contributed by atoms with Gasteiger partial charge in [0.15, 0.2) is 54.4 Å². The van der Waals surface area contributed by atoms with Crippen LogP contribution in [0.25, 0.3) is 10.9 Å². The molecule has 0 saturated carbocycles. The maximum absolute atomic E-state index is 13.0. The van der Waals surface area contributed by atoms with Gasteiger partial charge in [0.1, 0.15) is 11.8 Å². The molecule has 1 N–H and O–H groups in total. The molecule has 0 radical (unpaired) electrons. The fourth-order valence-electron chi connectivity index (χ4n) is 6.61. The molecule has 4 rings (SSSR count). The molecule has 2 aliphatic heterocycles. The van der Waals surface area contributed by atoms with Gasteiger partial charge in [0.25, 0.3) is 0 Å². The third kappa shape index (κ3) is 12.8. The summed E-state index contributed by atoms with van der Waals surface area (Å²) in [5.74, 6) is -7.08. The van der Waals surface area contributed by atoms with Crippen LogP contribution in [0.15, 0.2) is 18.2 Å². The molecule has 22 nitrogen and oxygen atoms in total. The minimum atomic E-state index is -1.83. The van der Waals surface area contributed by atoms with Crippen LogP contribution >= 0.6 is 0 Å². The van der Waals surface area contributed by atoms with E-state index in [9.17, 15) is 38.4 Å². The molecular weight excluding hydrogens is 830 g/mol. The summed E-state index contributed by atoms with van der Waals surface area (Å²) in [5, 5.41) is 0.534. The maximum Gasteiger partial charge on any atom is 0.354 e. The summed E-state index contributed by atoms with van der Waals surface area (Å²) in [6, 6.07) is 4.60. The Bertz CT molecular complexity index is 1960. The number of aromatic amines is 1. The SMILES string of the molecule is CCCCOC(=O)c1cc2cc(OCC)c(O[C@@H]3O[C@H](CO[C@@H]4OC(C(=O)OC)[C@@H](OC(C)=O)[C@H](OC(C)=O)[C@H]4OC(C)=O)[C@H](OC(C)=O)[C@H](OC(C)=O)[C@H]3OC(C)=O)cc2[nH]1. The first-order chi connectivity index (χ1) is 29.4. The number of methoxy groups -OCH3 is 1. The summed E-state index contributed by atoms with van der Waals surface area (Å²) >= 11 is 0. The highest BCUT2D eigenvalue weighted by atomic mass is 16.8. The van der Waals surface area contributed by atoms with E-state index in [1.54, 1.807) is 19.1 Å². The number of unbranched alkanes of at least 4 members (excludes halogenated alkanes) is 1. The molecule has 22 heteroatoms. The number of benzene rings is 1. The molecule has 1 unspecified atom stereocenters. The number of rotatable bonds is 18. The first kappa shape index (κ1) is 48.7. The van der Waals surface area contributed by atoms with Crippen LogP contribution in [0.4, 0.5) is 0 Å². The first-order valence-corrected chi connectivity index (χ1v) is 19.5. The van der Waals surface area contributed by atoms with Gasteiger partial charge in [-0.1, -0.05) is 13.3 Å². The van der Waals surface area contributed by atoms with Crippen molar-refractivity contribution < 1.29 is 99.9 Å². The largest absolute Gasteiger partial charge is 0.490 e. The lowest BCUT2D eigenvalue weighted by Gasteiger charge is -2.46. The standard InChI is InChI=1S/C40H51NO21/c1-10-12-13-52-37(48)26-14-24-15-27(51-11-2)28(16-25(24)41-26)60-40-36(59-23(8)47)31(55-19(4)43)30(54-18(3)42)29(61-40)17-53-39-35(58-22(7)46)33(57-21(6)45)32(56-20(5)44)34(62-39)38(49)50-9/h14-16,29-36,39-41H,10-13,17H2,1-9H3/t29-,30+,31+,32+,33+,34?,35-,36-,39-,40-/m1/s1. The van der Waals surface area contributed by atoms with Crippen LogP contribution in [0.5, 0.6) is 11.5 Å². The Balaban J connectivity index is 1.80. The molecule has 1 aromatic heterocycles. The summed E-state index contributed by atoms with van der Waals surface area (Å²) in [6.07, 6.45) is -15.5. The molecule has 342 valence electrons. The number of fused-ring (bicyclic) bond motifs is 1. The highest BCUT2D eigenvalue weighted by Crippen LogP contribution is 2.38. The molecule has 2 fully saturated rings. The van der Waals surface area contributed by atoms with E-state index in [-0.39, 0.29) is 30.4 Å². The third-order valence-electron chi connectivity index (χ3n) is 8.94. The second-order valence-electron chi connectivity index (χ2n) is 13.9. The van der Waals surface area contributed by atoms with Gasteiger partial charge in [0, 0.05) is 53.0 Å². The molecule has 0 spiro atoms. The Morgan fingerprint density at radius 2 is 1.16 bits per heavy atom. The van der Waals surface area contributed by atoms with Crippen LogP contribution in [-0.4, -0.2) is 141 Å². The predicted molar refractivity (Wildman–Crippen MR) is 204 cm³/mol. The van der Waals surface area contributed by atoms with Crippen molar-refractivity contribution in [3.63, 3.8) is 0 Å². The van der Waals surface area contributed by atoms with E-state index < -0.39 is 116 Å². The van der Waals surface area contributed by atoms with Crippen LogP contribution < -0.4 is 9.47 Å². The second kappa shape index (κ2) is 22.2. The van der Waals surface area contributed by atoms with Gasteiger partial charge in [-0.05, 0) is 25.5 Å². The van der Waals surface area contributed by atoms with Gasteiger partial charge in [-0.2, -0.15) is 0 Å². The number of carbonyl (C=O) groups is 8. The second-order valence-corrected chi connectivity index (χ2v) is 13.9. The zero-order valence-corrected chi connectivity index (χ0v) is 35.6. The van der Waals surface area contributed by atoms with Crippen LogP contribution in [0, 0.1) is 0 Å². The molecular formula is C40H51NO21. The van der Waals surface area contributed by atoms with E-state index >= 15 is 0 Å². The van der Waals surface area contributed by atoms with Crippen molar-refractivity contribution in [2.75, 3.05) is 26.9 Å². The quantitative estimate of drug-likeness (QED) is 0.128. The normalized spacial score (nSPS) is 25.6. The van der Waals surface area contributed by atoms with E-state index in [2.05, 4.69) is 4.98 Å². The molecule has 0 bridgehead atoms. The minimum Gasteiger partial charge on any atom is -0.490 e. The van der Waals surface area contributed by atoms with Gasteiger partial charge in [-0.15, -0.1) is 0 Å². The average Bonchev–Trinajstić information content (AvgIpc) is 3.60. The highest BCUT2D eigenvalue weighted by Gasteiger charge is 2.57. The predicted octanol–water partition coefficient (Wildman–Crippen LogP) is 2.13. The van der Waals surface area contributed by atoms with Crippen molar-refractivity contribution in [2.45, 2.75) is 130 Å². The van der Waals surface area contributed by atoms with Crippen molar-refractivity contribution in [1.29, 1.82) is 0 Å². The summed E-state index contributed by atoms with van der Waals surface area (Å²) < 4.78 is 73.5. The van der Waals surface area contributed by atoms with Crippen molar-refractivity contribution in [2.24, 2.45) is 0 Å². The number of hydrogen-bond donors (Lipinski definition) is 1. The van der Waals surface area contributed by atoms with Crippen molar-refractivity contribution in [3.8, 4) is 11.5 Å². The van der Waals surface area contributed by atoms with Gasteiger partial charge in [0.2, 0.25) is 12.4 Å². The van der Waals surface area contributed by atoms with Gasteiger partial charge in [-0.3, -0.25) is 28.8 Å². The monoisotopic (exact) mass is 881 g/mol. The molecule has 3 heterocycles. The lowest BCUT2D eigenvalue weighted by molar-refractivity contribution is -0.323. The van der Waals surface area contributed by atoms with Crippen molar-refractivity contribution in [3.05, 3.63) is 23.9 Å². The number of ether oxygens (including phenoxy) is 13. The van der Waals surface area contributed by atoms with Crippen LogP contribution in [0.3, 0.4) is 0 Å². The highest BCUT2D eigenvalue weighted by molar-refractivity contribution is 5.96. The summed E-state index contributed by atoms with van der Waals surface area (Å²) in [7, 11) is 1.01. The Hall–Kier alpha value is -6.00. The van der Waals surface area contributed by atoms with E-state index in [1.165, 1.54) is 6.07 Å². The minimum absolute atomic E-state index is 0.0198. The molecule has 2 aliphatic rings. The third-order valence-corrected chi connectivity index (χ3v) is 8.94. The van der Waals surface area contributed by atoms with E-state index in [0.717, 1.165) is 55.1 Å². The fourth-order valence-corrected chi connectivity index (χ4v) is 6.61. The van der Waals surface area contributed by atoms with Crippen LogP contribution in [0.2, 0.25) is 0 Å². The number of nitrogens with one attached hydrogen (secondary N) is 1.